The minimum atomic E-state index is -1.03. The van der Waals surface area contributed by atoms with Crippen LogP contribution in [-0.2, 0) is 49.6 Å². The molecule has 1 heterocycles. The Bertz CT molecular complexity index is 2320. The number of likely N-dealkylation sites (tertiary alicyclic amines) is 1. The summed E-state index contributed by atoms with van der Waals surface area (Å²) in [5.74, 6) is -5.07. The highest BCUT2D eigenvalue weighted by atomic mass is 16.6. The summed E-state index contributed by atoms with van der Waals surface area (Å²) in [7, 11) is 4.52. The number of likely N-dealkylation sites (N-methyl/N-ethyl adjacent to an activating group) is 1. The van der Waals surface area contributed by atoms with Crippen LogP contribution in [0.15, 0.2) is 54.6 Å². The van der Waals surface area contributed by atoms with Crippen molar-refractivity contribution in [2.45, 2.75) is 176 Å². The lowest BCUT2D eigenvalue weighted by Crippen LogP contribution is -2.57. The molecule has 1 aliphatic rings. The Labute approximate surface area is 474 Å². The lowest BCUT2D eigenvalue weighted by atomic mass is 9.73. The van der Waals surface area contributed by atoms with Crippen LogP contribution in [0, 0.1) is 41.4 Å². The van der Waals surface area contributed by atoms with Crippen LogP contribution in [0.1, 0.15) is 132 Å². The molecule has 3 rings (SSSR count). The topological polar surface area (TPSA) is 303 Å². The molecular formula is C59H95N9O12. The van der Waals surface area contributed by atoms with E-state index in [2.05, 4.69) is 26.6 Å². The third-order valence-corrected chi connectivity index (χ3v) is 15.7. The molecule has 0 aliphatic carbocycles. The number of aliphatic hydroxyl groups is 1. The van der Waals surface area contributed by atoms with E-state index in [1.165, 1.54) is 26.2 Å². The number of nitrogens with zero attached hydrogens (tertiary/aromatic N) is 2. The zero-order chi connectivity index (χ0) is 60.1. The first-order valence-electron chi connectivity index (χ1n) is 28.3. The Hall–Kier alpha value is -6.16. The van der Waals surface area contributed by atoms with Gasteiger partial charge in [0.15, 0.2) is 5.78 Å². The number of aliphatic hydroxyl groups excluding tert-OH is 1. The smallest absolute Gasteiger partial charge is 0.410 e. The third kappa shape index (κ3) is 19.5. The van der Waals surface area contributed by atoms with Gasteiger partial charge in [-0.25, -0.2) is 9.59 Å². The first-order valence-corrected chi connectivity index (χ1v) is 28.3. The van der Waals surface area contributed by atoms with Gasteiger partial charge in [-0.1, -0.05) is 118 Å². The highest BCUT2D eigenvalue weighted by molar-refractivity contribution is 5.98. The van der Waals surface area contributed by atoms with E-state index in [9.17, 15) is 43.5 Å². The second kappa shape index (κ2) is 32.9. The molecule has 0 radical (unpaired) electrons. The maximum Gasteiger partial charge on any atom is 0.410 e. The lowest BCUT2D eigenvalue weighted by Gasteiger charge is -2.39. The summed E-state index contributed by atoms with van der Waals surface area (Å²) in [5, 5.41) is 24.8. The van der Waals surface area contributed by atoms with Crippen LogP contribution in [0.3, 0.4) is 0 Å². The van der Waals surface area contributed by atoms with Crippen molar-refractivity contribution in [2.75, 3.05) is 39.7 Å². The molecule has 10 N–H and O–H groups in total. The van der Waals surface area contributed by atoms with Gasteiger partial charge in [0.1, 0.15) is 18.7 Å². The molecule has 21 heteroatoms. The fraction of sp³-hybridized carbons (Fsp3) is 0.661. The van der Waals surface area contributed by atoms with E-state index >= 15 is 0 Å². The van der Waals surface area contributed by atoms with E-state index in [1.807, 2.05) is 52.8 Å². The summed E-state index contributed by atoms with van der Waals surface area (Å²) in [6, 6.07) is 10.1. The molecule has 21 nitrogen and oxygen atoms in total. The van der Waals surface area contributed by atoms with Gasteiger partial charge in [-0.05, 0) is 85.5 Å². The molecule has 80 heavy (non-hydrogen) atoms. The fourth-order valence-electron chi connectivity index (χ4n) is 10.6. The maximum absolute atomic E-state index is 14.8. The number of primary amides is 1. The highest BCUT2D eigenvalue weighted by Crippen LogP contribution is 2.35. The summed E-state index contributed by atoms with van der Waals surface area (Å²) in [6.45, 7) is 20.7. The van der Waals surface area contributed by atoms with Gasteiger partial charge in [0.05, 0.1) is 54.8 Å². The Balaban J connectivity index is 1.70. The molecule has 13 atom stereocenters. The quantitative estimate of drug-likeness (QED) is 0.0425. The molecule has 1 saturated heterocycles. The van der Waals surface area contributed by atoms with E-state index in [4.69, 9.17) is 25.7 Å². The number of anilines is 1. The van der Waals surface area contributed by atoms with E-state index in [0.29, 0.717) is 49.0 Å². The average Bonchev–Trinajstić information content (AvgIpc) is 3.91. The normalized spacial score (nSPS) is 18.0. The number of urea groups is 1. The van der Waals surface area contributed by atoms with Crippen LogP contribution >= 0.6 is 0 Å². The lowest BCUT2D eigenvalue weighted by molar-refractivity contribution is -0.145. The van der Waals surface area contributed by atoms with Crippen molar-refractivity contribution in [1.29, 1.82) is 0 Å². The molecule has 9 unspecified atom stereocenters. The number of nitrogens with two attached hydrogens (primary N) is 2. The van der Waals surface area contributed by atoms with Gasteiger partial charge in [-0.15, -0.1) is 0 Å². The Morgan fingerprint density at radius 2 is 1.41 bits per heavy atom. The number of benzene rings is 2. The van der Waals surface area contributed by atoms with Gasteiger partial charge in [0.2, 0.25) is 29.5 Å². The van der Waals surface area contributed by atoms with Gasteiger partial charge in [-0.3, -0.25) is 33.7 Å². The largest absolute Gasteiger partial charge is 0.445 e. The standard InChI is InChI=1S/C59H95N9O12/c1-15-36(8)47(45(78-13)31-46(69)68-30-20-24-44(68)53(79-14)38(10)54(72)63-39(11)52(71)41-21-17-16-18-22-41)37(9)51(70)49(34(4)5)66-57(75)50(35(6)7)67(12)59(77)80-32-40-25-27-42(28-26-40)64-55(73)43(23-19-29-62-58(61)76)65-56(74)48(60)33(2)3/h16-18,21-22,25-28,33-39,43-45,47-50,52-53,71H,15,19-20,23-24,29-32,60H2,1-14H3,(H,63,72)(H,64,73)(H,65,74)(H,66,75)(H3,61,62,76)/t36-,37?,38+,39+,43?,44-,45?,47?,48?,49?,50?,52?,53?/m0/s1. The Morgan fingerprint density at radius 1 is 0.775 bits per heavy atom. The predicted octanol–water partition coefficient (Wildman–Crippen LogP) is 5.43. The molecule has 2 aromatic carbocycles. The van der Waals surface area contributed by atoms with Gasteiger partial charge < -0.3 is 62.3 Å². The fourth-order valence-corrected chi connectivity index (χ4v) is 10.6. The van der Waals surface area contributed by atoms with Crippen LogP contribution in [0.25, 0.3) is 0 Å². The van der Waals surface area contributed by atoms with Gasteiger partial charge in [0, 0.05) is 46.0 Å². The first kappa shape index (κ1) is 68.1. The number of carbonyl (C=O) groups excluding carboxylic acids is 8. The number of ketones is 1. The Morgan fingerprint density at radius 3 is 1.96 bits per heavy atom. The minimum Gasteiger partial charge on any atom is -0.445 e. The maximum atomic E-state index is 14.8. The summed E-state index contributed by atoms with van der Waals surface area (Å²) < 4.78 is 17.7. The number of hydrogen-bond donors (Lipinski definition) is 8. The number of rotatable bonds is 32. The average molecular weight is 1120 g/mol. The molecule has 1 fully saturated rings. The molecule has 0 aromatic heterocycles. The number of nitrogens with one attached hydrogen (secondary N) is 5. The minimum absolute atomic E-state index is 0.0331. The summed E-state index contributed by atoms with van der Waals surface area (Å²) >= 11 is 0. The van der Waals surface area contributed by atoms with Crippen LogP contribution in [0.2, 0.25) is 0 Å². The molecule has 448 valence electrons. The van der Waals surface area contributed by atoms with E-state index < -0.39 is 108 Å². The number of hydrogen-bond acceptors (Lipinski definition) is 13. The number of amides is 8. The van der Waals surface area contributed by atoms with Gasteiger partial charge in [0.25, 0.3) is 0 Å². The van der Waals surface area contributed by atoms with E-state index in [1.54, 1.807) is 82.8 Å². The van der Waals surface area contributed by atoms with Crippen LogP contribution in [-0.4, -0.2) is 145 Å². The Kier molecular flexibility index (Phi) is 28.0. The zero-order valence-corrected chi connectivity index (χ0v) is 49.8. The molecular weight excluding hydrogens is 1030 g/mol. The summed E-state index contributed by atoms with van der Waals surface area (Å²) in [4.78, 5) is 111. The monoisotopic (exact) mass is 1120 g/mol. The number of ether oxygens (including phenoxy) is 3. The van der Waals surface area contributed by atoms with Crippen molar-refractivity contribution in [2.24, 2.45) is 52.9 Å². The number of Topliss-reactive ketones (excluding diaryl/α,β-unsaturated/α-hetero) is 1. The van der Waals surface area contributed by atoms with Crippen molar-refractivity contribution in [3.05, 3.63) is 65.7 Å². The van der Waals surface area contributed by atoms with Gasteiger partial charge >= 0.3 is 12.1 Å². The van der Waals surface area contributed by atoms with E-state index in [0.717, 1.165) is 0 Å². The zero-order valence-electron chi connectivity index (χ0n) is 49.8. The summed E-state index contributed by atoms with van der Waals surface area (Å²) in [6.07, 6.45) is -0.529. The number of methoxy groups -OCH3 is 2. The van der Waals surface area contributed by atoms with Crippen LogP contribution < -0.4 is 38.1 Å². The second-order valence-corrected chi connectivity index (χ2v) is 22.6. The third-order valence-electron chi connectivity index (χ3n) is 15.7. The van der Waals surface area contributed by atoms with Crippen LogP contribution in [0.5, 0.6) is 0 Å². The van der Waals surface area contributed by atoms with Crippen LogP contribution in [0.4, 0.5) is 15.3 Å². The number of carbonyl (C=O) groups is 8. The van der Waals surface area contributed by atoms with Crippen molar-refractivity contribution < 1.29 is 57.7 Å². The molecule has 8 amide bonds. The highest BCUT2D eigenvalue weighted by Gasteiger charge is 2.44. The van der Waals surface area contributed by atoms with Gasteiger partial charge in [-0.2, -0.15) is 0 Å². The molecule has 0 spiro atoms. The summed E-state index contributed by atoms with van der Waals surface area (Å²) in [5.41, 5.74) is 12.8. The van der Waals surface area contributed by atoms with Crippen molar-refractivity contribution in [3.8, 4) is 0 Å². The second-order valence-electron chi connectivity index (χ2n) is 22.6. The molecule has 1 aliphatic heterocycles. The van der Waals surface area contributed by atoms with Crippen molar-refractivity contribution in [1.82, 2.24) is 31.1 Å². The SMILES string of the molecule is CC[C@H](C)C(C(CC(=O)N1CCC[C@H]1C(OC)[C@@H](C)C(=O)N[C@H](C)C(O)c1ccccc1)OC)C(C)C(=O)C(NC(=O)C(C(C)C)N(C)C(=O)OCc1ccc(NC(=O)C(CCCNC(N)=O)NC(=O)C(N)C(C)C)cc1)C(C)C. The molecule has 2 aromatic rings. The van der Waals surface area contributed by atoms with Crippen molar-refractivity contribution >= 4 is 53.1 Å². The van der Waals surface area contributed by atoms with Crippen molar-refractivity contribution in [3.63, 3.8) is 0 Å². The molecule has 0 bridgehead atoms. The first-order chi connectivity index (χ1) is 37.7. The van der Waals surface area contributed by atoms with E-state index in [-0.39, 0.29) is 61.3 Å². The predicted molar refractivity (Wildman–Crippen MR) is 306 cm³/mol. The molecule has 0 saturated carbocycles.